The quantitative estimate of drug-likeness (QED) is 0.827. The topological polar surface area (TPSA) is 53.5 Å². The van der Waals surface area contributed by atoms with Gasteiger partial charge in [-0.05, 0) is 25.5 Å². The van der Waals surface area contributed by atoms with Crippen LogP contribution in [0, 0.1) is 5.41 Å². The van der Waals surface area contributed by atoms with Crippen molar-refractivity contribution in [1.29, 1.82) is 0 Å². The van der Waals surface area contributed by atoms with E-state index in [1.54, 1.807) is 17.4 Å². The molecule has 2 fully saturated rings. The number of hydrogen-bond acceptors (Lipinski definition) is 4. The highest BCUT2D eigenvalue weighted by Gasteiger charge is 2.49. The zero-order valence-electron chi connectivity index (χ0n) is 11.1. The van der Waals surface area contributed by atoms with Crippen LogP contribution in [0.3, 0.4) is 0 Å². The van der Waals surface area contributed by atoms with E-state index < -0.39 is 10.0 Å². The second-order valence-electron chi connectivity index (χ2n) is 5.55. The SMILES string of the molecule is CCS(=O)(=O)N1CCC2(CN(c3cccnc3)C2)C1. The Bertz CT molecular complexity index is 553. The van der Waals surface area contributed by atoms with Crippen molar-refractivity contribution in [3.05, 3.63) is 24.5 Å². The van der Waals surface area contributed by atoms with Gasteiger partial charge >= 0.3 is 0 Å². The van der Waals surface area contributed by atoms with E-state index in [2.05, 4.69) is 16.0 Å². The van der Waals surface area contributed by atoms with Gasteiger partial charge in [-0.2, -0.15) is 0 Å². The molecule has 1 aromatic heterocycles. The third kappa shape index (κ3) is 2.23. The highest BCUT2D eigenvalue weighted by molar-refractivity contribution is 7.89. The molecule has 3 heterocycles. The van der Waals surface area contributed by atoms with Crippen LogP contribution in [-0.2, 0) is 10.0 Å². The normalized spacial score (nSPS) is 22.7. The molecule has 0 amide bonds. The maximum Gasteiger partial charge on any atom is 0.213 e. The highest BCUT2D eigenvalue weighted by atomic mass is 32.2. The van der Waals surface area contributed by atoms with Crippen molar-refractivity contribution in [2.45, 2.75) is 13.3 Å². The molecule has 0 aromatic carbocycles. The lowest BCUT2D eigenvalue weighted by atomic mass is 9.79. The van der Waals surface area contributed by atoms with Gasteiger partial charge < -0.3 is 4.90 Å². The second-order valence-corrected chi connectivity index (χ2v) is 7.81. The smallest absolute Gasteiger partial charge is 0.213 e. The van der Waals surface area contributed by atoms with E-state index >= 15 is 0 Å². The van der Waals surface area contributed by atoms with Gasteiger partial charge in [0.15, 0.2) is 0 Å². The summed E-state index contributed by atoms with van der Waals surface area (Å²) in [6.45, 7) is 4.95. The van der Waals surface area contributed by atoms with Crippen LogP contribution in [0.15, 0.2) is 24.5 Å². The number of nitrogens with zero attached hydrogens (tertiary/aromatic N) is 3. The zero-order valence-corrected chi connectivity index (χ0v) is 11.9. The lowest BCUT2D eigenvalue weighted by Gasteiger charge is -2.49. The fraction of sp³-hybridized carbons (Fsp3) is 0.615. The average Bonchev–Trinajstić information content (AvgIpc) is 2.84. The number of sulfonamides is 1. The minimum absolute atomic E-state index is 0.165. The second kappa shape index (κ2) is 4.45. The van der Waals surface area contributed by atoms with E-state index in [4.69, 9.17) is 0 Å². The van der Waals surface area contributed by atoms with Crippen molar-refractivity contribution >= 4 is 15.7 Å². The predicted octanol–water partition coefficient (Wildman–Crippen LogP) is 0.943. The summed E-state index contributed by atoms with van der Waals surface area (Å²) in [6, 6.07) is 3.98. The first-order valence-electron chi connectivity index (χ1n) is 6.67. The molecule has 19 heavy (non-hydrogen) atoms. The molecule has 0 unspecified atom stereocenters. The van der Waals surface area contributed by atoms with Crippen LogP contribution in [0.4, 0.5) is 5.69 Å². The molecule has 6 heteroatoms. The molecule has 0 aliphatic carbocycles. The molecular weight excluding hydrogens is 262 g/mol. The molecule has 0 bridgehead atoms. The van der Waals surface area contributed by atoms with Crippen LogP contribution in [0.2, 0.25) is 0 Å². The van der Waals surface area contributed by atoms with Crippen molar-refractivity contribution < 1.29 is 8.42 Å². The van der Waals surface area contributed by atoms with Gasteiger partial charge in [-0.3, -0.25) is 4.98 Å². The molecule has 0 radical (unpaired) electrons. The fourth-order valence-electron chi connectivity index (χ4n) is 3.06. The van der Waals surface area contributed by atoms with Crippen molar-refractivity contribution in [1.82, 2.24) is 9.29 Å². The van der Waals surface area contributed by atoms with E-state index in [0.29, 0.717) is 13.1 Å². The van der Waals surface area contributed by atoms with E-state index in [1.807, 2.05) is 12.3 Å². The minimum atomic E-state index is -3.02. The molecule has 104 valence electrons. The van der Waals surface area contributed by atoms with Gasteiger partial charge in [0.1, 0.15) is 0 Å². The summed E-state index contributed by atoms with van der Waals surface area (Å²) in [5.74, 6) is 0.204. The van der Waals surface area contributed by atoms with E-state index in [0.717, 1.165) is 25.2 Å². The highest BCUT2D eigenvalue weighted by Crippen LogP contribution is 2.42. The number of rotatable bonds is 3. The van der Waals surface area contributed by atoms with Crippen molar-refractivity contribution in [2.24, 2.45) is 5.41 Å². The molecule has 0 N–H and O–H groups in total. The first-order chi connectivity index (χ1) is 9.05. The van der Waals surface area contributed by atoms with E-state index in [1.165, 1.54) is 0 Å². The standard InChI is InChI=1S/C13H19N3O2S/c1-2-19(17,18)16-7-5-13(11-16)9-15(10-13)12-4-3-6-14-8-12/h3-4,6,8H,2,5,7,9-11H2,1H3. The van der Waals surface area contributed by atoms with Crippen LogP contribution >= 0.6 is 0 Å². The van der Waals surface area contributed by atoms with Crippen LogP contribution in [0.25, 0.3) is 0 Å². The summed E-state index contributed by atoms with van der Waals surface area (Å²) < 4.78 is 25.4. The monoisotopic (exact) mass is 281 g/mol. The van der Waals surface area contributed by atoms with Gasteiger partial charge in [-0.25, -0.2) is 12.7 Å². The summed E-state index contributed by atoms with van der Waals surface area (Å²) in [4.78, 5) is 6.40. The van der Waals surface area contributed by atoms with Crippen molar-refractivity contribution in [2.75, 3.05) is 36.8 Å². The van der Waals surface area contributed by atoms with Gasteiger partial charge in [-0.1, -0.05) is 0 Å². The Morgan fingerprint density at radius 2 is 2.16 bits per heavy atom. The number of anilines is 1. The Kier molecular flexibility index (Phi) is 3.02. The molecule has 2 saturated heterocycles. The Balaban J connectivity index is 1.65. The maximum absolute atomic E-state index is 11.9. The van der Waals surface area contributed by atoms with Gasteiger partial charge in [0.05, 0.1) is 17.6 Å². The Morgan fingerprint density at radius 3 is 2.79 bits per heavy atom. The maximum atomic E-state index is 11.9. The average molecular weight is 281 g/mol. The molecule has 0 saturated carbocycles. The Morgan fingerprint density at radius 1 is 1.37 bits per heavy atom. The van der Waals surface area contributed by atoms with Crippen molar-refractivity contribution in [3.63, 3.8) is 0 Å². The molecule has 5 nitrogen and oxygen atoms in total. The molecule has 1 spiro atoms. The summed E-state index contributed by atoms with van der Waals surface area (Å²) >= 11 is 0. The third-order valence-electron chi connectivity index (χ3n) is 4.23. The zero-order chi connectivity index (χ0) is 13.5. The Hall–Kier alpha value is -1.14. The molecule has 0 atom stereocenters. The number of pyridine rings is 1. The van der Waals surface area contributed by atoms with Crippen LogP contribution in [-0.4, -0.2) is 49.6 Å². The van der Waals surface area contributed by atoms with Crippen LogP contribution in [0.5, 0.6) is 0 Å². The fourth-order valence-corrected chi connectivity index (χ4v) is 4.26. The number of aromatic nitrogens is 1. The summed E-state index contributed by atoms with van der Waals surface area (Å²) in [5.41, 5.74) is 1.29. The van der Waals surface area contributed by atoms with Gasteiger partial charge in [0.25, 0.3) is 0 Å². The number of hydrogen-bond donors (Lipinski definition) is 0. The Labute approximate surface area is 114 Å². The van der Waals surface area contributed by atoms with Gasteiger partial charge in [0, 0.05) is 37.8 Å². The molecule has 2 aliphatic heterocycles. The van der Waals surface area contributed by atoms with E-state index in [-0.39, 0.29) is 11.2 Å². The summed E-state index contributed by atoms with van der Waals surface area (Å²) in [7, 11) is -3.02. The van der Waals surface area contributed by atoms with E-state index in [9.17, 15) is 8.42 Å². The predicted molar refractivity (Wildman–Crippen MR) is 74.5 cm³/mol. The molecule has 2 aliphatic rings. The summed E-state index contributed by atoms with van der Waals surface area (Å²) in [5, 5.41) is 0. The molecular formula is C13H19N3O2S. The lowest BCUT2D eigenvalue weighted by molar-refractivity contribution is 0.230. The van der Waals surface area contributed by atoms with Gasteiger partial charge in [0.2, 0.25) is 10.0 Å². The largest absolute Gasteiger partial charge is 0.369 e. The minimum Gasteiger partial charge on any atom is -0.369 e. The van der Waals surface area contributed by atoms with Gasteiger partial charge in [-0.15, -0.1) is 0 Å². The summed E-state index contributed by atoms with van der Waals surface area (Å²) in [6.07, 6.45) is 4.61. The van der Waals surface area contributed by atoms with Crippen LogP contribution in [0.1, 0.15) is 13.3 Å². The van der Waals surface area contributed by atoms with Crippen molar-refractivity contribution in [3.8, 4) is 0 Å². The lowest BCUT2D eigenvalue weighted by Crippen LogP contribution is -2.58. The van der Waals surface area contributed by atoms with Crippen LogP contribution < -0.4 is 4.90 Å². The first kappa shape index (κ1) is 12.9. The first-order valence-corrected chi connectivity index (χ1v) is 8.28. The molecule has 3 rings (SSSR count). The third-order valence-corrected chi connectivity index (χ3v) is 6.05. The molecule has 1 aromatic rings.